The molecule has 86 valence electrons. The van der Waals surface area contributed by atoms with Gasteiger partial charge in [0.2, 0.25) is 0 Å². The fourth-order valence-electron chi connectivity index (χ4n) is 1.79. The van der Waals surface area contributed by atoms with Gasteiger partial charge in [-0.1, -0.05) is 36.4 Å². The molecule has 0 radical (unpaired) electrons. The average molecular weight is 227 g/mol. The van der Waals surface area contributed by atoms with E-state index in [1.807, 2.05) is 42.5 Å². The van der Waals surface area contributed by atoms with Crippen molar-refractivity contribution in [2.75, 3.05) is 0 Å². The van der Waals surface area contributed by atoms with Crippen molar-refractivity contribution in [3.8, 4) is 0 Å². The maximum Gasteiger partial charge on any atom is 0.311 e. The maximum atomic E-state index is 11.3. The lowest BCUT2D eigenvalue weighted by Gasteiger charge is -2.12. The zero-order valence-electron chi connectivity index (χ0n) is 9.28. The molecule has 1 aromatic heterocycles. The van der Waals surface area contributed by atoms with E-state index in [2.05, 4.69) is 4.98 Å². The molecule has 0 aliphatic rings. The number of carbonyl (C=O) groups is 1. The van der Waals surface area contributed by atoms with Gasteiger partial charge in [-0.3, -0.25) is 9.78 Å². The molecule has 0 saturated heterocycles. The van der Waals surface area contributed by atoms with Crippen molar-refractivity contribution >= 4 is 5.97 Å². The second kappa shape index (κ2) is 5.25. The van der Waals surface area contributed by atoms with Gasteiger partial charge in [0.15, 0.2) is 0 Å². The van der Waals surface area contributed by atoms with Gasteiger partial charge in [0.25, 0.3) is 0 Å². The topological polar surface area (TPSA) is 50.2 Å². The van der Waals surface area contributed by atoms with Crippen molar-refractivity contribution in [3.63, 3.8) is 0 Å². The SMILES string of the molecule is O=C(O)[C@H](Cc1cccnc1)c1ccccc1. The fraction of sp³-hybridized carbons (Fsp3) is 0.143. The highest BCUT2D eigenvalue weighted by molar-refractivity contribution is 5.76. The van der Waals surface area contributed by atoms with E-state index in [4.69, 9.17) is 0 Å². The maximum absolute atomic E-state index is 11.3. The Labute approximate surface area is 99.8 Å². The summed E-state index contributed by atoms with van der Waals surface area (Å²) in [7, 11) is 0. The Hall–Kier alpha value is -2.16. The summed E-state index contributed by atoms with van der Waals surface area (Å²) in [6.07, 6.45) is 3.86. The minimum Gasteiger partial charge on any atom is -0.481 e. The number of hydrogen-bond donors (Lipinski definition) is 1. The van der Waals surface area contributed by atoms with Crippen LogP contribution in [0.3, 0.4) is 0 Å². The number of aromatic nitrogens is 1. The van der Waals surface area contributed by atoms with Crippen molar-refractivity contribution in [2.24, 2.45) is 0 Å². The molecule has 0 fully saturated rings. The predicted molar refractivity (Wildman–Crippen MR) is 64.8 cm³/mol. The first kappa shape index (κ1) is 11.3. The van der Waals surface area contributed by atoms with Gasteiger partial charge >= 0.3 is 5.97 Å². The molecular formula is C14H13NO2. The Bertz CT molecular complexity index is 482. The van der Waals surface area contributed by atoms with Crippen LogP contribution in [0.5, 0.6) is 0 Å². The van der Waals surface area contributed by atoms with E-state index in [9.17, 15) is 9.90 Å². The monoisotopic (exact) mass is 227 g/mol. The van der Waals surface area contributed by atoms with Crippen LogP contribution in [-0.4, -0.2) is 16.1 Å². The molecule has 1 heterocycles. The van der Waals surface area contributed by atoms with E-state index in [0.29, 0.717) is 6.42 Å². The van der Waals surface area contributed by atoms with Crippen molar-refractivity contribution in [1.82, 2.24) is 4.98 Å². The first-order valence-electron chi connectivity index (χ1n) is 5.44. The van der Waals surface area contributed by atoms with Gasteiger partial charge in [-0.15, -0.1) is 0 Å². The Morgan fingerprint density at radius 3 is 2.53 bits per heavy atom. The average Bonchev–Trinajstić information content (AvgIpc) is 2.38. The molecule has 2 aromatic rings. The summed E-state index contributed by atoms with van der Waals surface area (Å²) in [6.45, 7) is 0. The molecule has 3 nitrogen and oxygen atoms in total. The van der Waals surface area contributed by atoms with Gasteiger partial charge in [-0.2, -0.15) is 0 Å². The Morgan fingerprint density at radius 2 is 1.94 bits per heavy atom. The second-order valence-electron chi connectivity index (χ2n) is 3.87. The molecule has 0 amide bonds. The van der Waals surface area contributed by atoms with E-state index in [1.165, 1.54) is 0 Å². The van der Waals surface area contributed by atoms with Crippen LogP contribution in [0.15, 0.2) is 54.9 Å². The van der Waals surface area contributed by atoms with Crippen molar-refractivity contribution in [2.45, 2.75) is 12.3 Å². The van der Waals surface area contributed by atoms with E-state index >= 15 is 0 Å². The number of benzene rings is 1. The molecule has 0 bridgehead atoms. The van der Waals surface area contributed by atoms with Gasteiger partial charge in [0.1, 0.15) is 0 Å². The lowest BCUT2D eigenvalue weighted by atomic mass is 9.93. The molecule has 1 aromatic carbocycles. The minimum atomic E-state index is -0.806. The van der Waals surface area contributed by atoms with Crippen molar-refractivity contribution in [1.29, 1.82) is 0 Å². The first-order valence-corrected chi connectivity index (χ1v) is 5.44. The third-order valence-electron chi connectivity index (χ3n) is 2.66. The Balaban J connectivity index is 2.23. The number of pyridine rings is 1. The first-order chi connectivity index (χ1) is 8.27. The predicted octanol–water partition coefficient (Wildman–Crippen LogP) is 2.49. The summed E-state index contributed by atoms with van der Waals surface area (Å²) < 4.78 is 0. The molecule has 2 rings (SSSR count). The van der Waals surface area contributed by atoms with Crippen LogP contribution in [0.25, 0.3) is 0 Å². The van der Waals surface area contributed by atoms with E-state index < -0.39 is 11.9 Å². The number of hydrogen-bond acceptors (Lipinski definition) is 2. The normalized spacial score (nSPS) is 12.0. The van der Waals surface area contributed by atoms with Gasteiger partial charge in [-0.25, -0.2) is 0 Å². The number of aliphatic carboxylic acids is 1. The molecule has 0 saturated carbocycles. The van der Waals surface area contributed by atoms with Gasteiger partial charge < -0.3 is 5.11 Å². The van der Waals surface area contributed by atoms with Crippen LogP contribution in [0.2, 0.25) is 0 Å². The summed E-state index contributed by atoms with van der Waals surface area (Å²) in [6, 6.07) is 13.0. The summed E-state index contributed by atoms with van der Waals surface area (Å²) in [5, 5.41) is 9.27. The highest BCUT2D eigenvalue weighted by Crippen LogP contribution is 2.20. The van der Waals surface area contributed by atoms with E-state index in [0.717, 1.165) is 11.1 Å². The Morgan fingerprint density at radius 1 is 1.18 bits per heavy atom. The Kier molecular flexibility index (Phi) is 3.50. The second-order valence-corrected chi connectivity index (χ2v) is 3.87. The molecule has 0 aliphatic heterocycles. The molecule has 3 heteroatoms. The number of carboxylic acids is 1. The van der Waals surface area contributed by atoms with Crippen LogP contribution < -0.4 is 0 Å². The lowest BCUT2D eigenvalue weighted by molar-refractivity contribution is -0.138. The smallest absolute Gasteiger partial charge is 0.311 e. The van der Waals surface area contributed by atoms with Crippen LogP contribution >= 0.6 is 0 Å². The van der Waals surface area contributed by atoms with Gasteiger partial charge in [0.05, 0.1) is 5.92 Å². The third-order valence-corrected chi connectivity index (χ3v) is 2.66. The summed E-state index contributed by atoms with van der Waals surface area (Å²) >= 11 is 0. The zero-order chi connectivity index (χ0) is 12.1. The van der Waals surface area contributed by atoms with E-state index in [-0.39, 0.29) is 0 Å². The molecular weight excluding hydrogens is 214 g/mol. The highest BCUT2D eigenvalue weighted by atomic mass is 16.4. The highest BCUT2D eigenvalue weighted by Gasteiger charge is 2.19. The summed E-state index contributed by atoms with van der Waals surface area (Å²) in [4.78, 5) is 15.3. The molecule has 0 spiro atoms. The number of rotatable bonds is 4. The quantitative estimate of drug-likeness (QED) is 0.873. The summed E-state index contributed by atoms with van der Waals surface area (Å²) in [5.41, 5.74) is 1.76. The molecule has 0 unspecified atom stereocenters. The van der Waals surface area contributed by atoms with Gasteiger partial charge in [0, 0.05) is 12.4 Å². The van der Waals surface area contributed by atoms with E-state index in [1.54, 1.807) is 12.4 Å². The zero-order valence-corrected chi connectivity index (χ0v) is 9.28. The fourth-order valence-corrected chi connectivity index (χ4v) is 1.79. The third kappa shape index (κ3) is 2.91. The minimum absolute atomic E-state index is 0.465. The molecule has 1 atom stereocenters. The van der Waals surface area contributed by atoms with Crippen LogP contribution in [0.1, 0.15) is 17.0 Å². The molecule has 17 heavy (non-hydrogen) atoms. The van der Waals surface area contributed by atoms with Crippen LogP contribution in [-0.2, 0) is 11.2 Å². The van der Waals surface area contributed by atoms with Gasteiger partial charge in [-0.05, 0) is 23.6 Å². The van der Waals surface area contributed by atoms with Crippen LogP contribution in [0.4, 0.5) is 0 Å². The number of nitrogens with zero attached hydrogens (tertiary/aromatic N) is 1. The molecule has 1 N–H and O–H groups in total. The molecule has 0 aliphatic carbocycles. The largest absolute Gasteiger partial charge is 0.481 e. The lowest BCUT2D eigenvalue weighted by Crippen LogP contribution is -2.14. The van der Waals surface area contributed by atoms with Crippen molar-refractivity contribution < 1.29 is 9.90 Å². The summed E-state index contributed by atoms with van der Waals surface area (Å²) in [5.74, 6) is -1.32. The number of carboxylic acid groups (broad SMARTS) is 1. The standard InChI is InChI=1S/C14H13NO2/c16-14(17)13(12-6-2-1-3-7-12)9-11-5-4-8-15-10-11/h1-8,10,13H,9H2,(H,16,17)/t13-/m1/s1. The van der Waals surface area contributed by atoms with Crippen LogP contribution in [0, 0.1) is 0 Å². The van der Waals surface area contributed by atoms with Crippen molar-refractivity contribution in [3.05, 3.63) is 66.0 Å².